The molecule has 6 heteroatoms. The number of non-ortho nitro benzene ring substituents is 1. The highest BCUT2D eigenvalue weighted by molar-refractivity contribution is 5.79. The standard InChI is InChI=1S/C19H27N3O3/c1-20(17-6-2-3-7-18(17)21-12-4-5-13-21)19(23)14-15-8-10-16(11-9-15)22(24)25/h8-11,17-18H,2-7,12-14H2,1H3/t17-,18+/m1/s1. The van der Waals surface area contributed by atoms with Gasteiger partial charge in [-0.15, -0.1) is 0 Å². The van der Waals surface area contributed by atoms with Gasteiger partial charge in [-0.3, -0.25) is 19.8 Å². The molecule has 1 saturated heterocycles. The van der Waals surface area contributed by atoms with Crippen LogP contribution in [0.3, 0.4) is 0 Å². The Labute approximate surface area is 148 Å². The molecule has 1 heterocycles. The molecule has 0 spiro atoms. The highest BCUT2D eigenvalue weighted by atomic mass is 16.6. The molecule has 0 N–H and O–H groups in total. The molecular weight excluding hydrogens is 318 g/mol. The van der Waals surface area contributed by atoms with Gasteiger partial charge in [-0.05, 0) is 44.3 Å². The van der Waals surface area contributed by atoms with Crippen LogP contribution in [0.25, 0.3) is 0 Å². The molecule has 1 amide bonds. The fourth-order valence-corrected chi connectivity index (χ4v) is 4.26. The van der Waals surface area contributed by atoms with Crippen molar-refractivity contribution in [2.24, 2.45) is 0 Å². The van der Waals surface area contributed by atoms with Gasteiger partial charge in [0.15, 0.2) is 0 Å². The van der Waals surface area contributed by atoms with Gasteiger partial charge in [-0.25, -0.2) is 0 Å². The lowest BCUT2D eigenvalue weighted by atomic mass is 9.88. The molecule has 0 radical (unpaired) electrons. The van der Waals surface area contributed by atoms with Crippen molar-refractivity contribution in [3.63, 3.8) is 0 Å². The van der Waals surface area contributed by atoms with Crippen LogP contribution in [0, 0.1) is 10.1 Å². The van der Waals surface area contributed by atoms with Crippen LogP contribution in [0.2, 0.25) is 0 Å². The third-order valence-electron chi connectivity index (χ3n) is 5.70. The predicted octanol–water partition coefficient (Wildman–Crippen LogP) is 3.00. The first-order valence-electron chi connectivity index (χ1n) is 9.29. The Hall–Kier alpha value is -1.95. The SMILES string of the molecule is CN(C(=O)Cc1ccc([N+](=O)[O-])cc1)[C@@H]1CCCC[C@@H]1N1CCCC1. The summed E-state index contributed by atoms with van der Waals surface area (Å²) in [5.74, 6) is 0.102. The maximum Gasteiger partial charge on any atom is 0.269 e. The summed E-state index contributed by atoms with van der Waals surface area (Å²) in [5.41, 5.74) is 0.891. The van der Waals surface area contributed by atoms with Crippen molar-refractivity contribution in [1.82, 2.24) is 9.80 Å². The lowest BCUT2D eigenvalue weighted by molar-refractivity contribution is -0.384. The Morgan fingerprint density at radius 1 is 1.16 bits per heavy atom. The summed E-state index contributed by atoms with van der Waals surface area (Å²) in [7, 11) is 1.92. The molecule has 0 unspecified atom stereocenters. The Morgan fingerprint density at radius 3 is 2.44 bits per heavy atom. The molecule has 2 fully saturated rings. The molecule has 25 heavy (non-hydrogen) atoms. The lowest BCUT2D eigenvalue weighted by Gasteiger charge is -2.42. The number of hydrogen-bond donors (Lipinski definition) is 0. The molecule has 6 nitrogen and oxygen atoms in total. The van der Waals surface area contributed by atoms with E-state index in [9.17, 15) is 14.9 Å². The monoisotopic (exact) mass is 345 g/mol. The maximum atomic E-state index is 12.8. The van der Waals surface area contributed by atoms with Gasteiger partial charge in [-0.2, -0.15) is 0 Å². The number of likely N-dealkylation sites (tertiary alicyclic amines) is 1. The van der Waals surface area contributed by atoms with Crippen LogP contribution >= 0.6 is 0 Å². The summed E-state index contributed by atoms with van der Waals surface area (Å²) in [5, 5.41) is 10.7. The van der Waals surface area contributed by atoms with Crippen molar-refractivity contribution in [3.8, 4) is 0 Å². The van der Waals surface area contributed by atoms with Crippen LogP contribution in [0.4, 0.5) is 5.69 Å². The minimum absolute atomic E-state index is 0.0610. The lowest BCUT2D eigenvalue weighted by Crippen LogP contribution is -2.53. The number of nitro groups is 1. The summed E-state index contributed by atoms with van der Waals surface area (Å²) in [6.45, 7) is 2.32. The highest BCUT2D eigenvalue weighted by Gasteiger charge is 2.35. The van der Waals surface area contributed by atoms with Crippen LogP contribution in [-0.4, -0.2) is 52.9 Å². The zero-order valence-corrected chi connectivity index (χ0v) is 14.9. The third kappa shape index (κ3) is 4.18. The minimum Gasteiger partial charge on any atom is -0.341 e. The van der Waals surface area contributed by atoms with E-state index in [1.807, 2.05) is 11.9 Å². The molecule has 2 atom stereocenters. The second-order valence-electron chi connectivity index (χ2n) is 7.27. The molecule has 2 aliphatic rings. The van der Waals surface area contributed by atoms with E-state index in [0.717, 1.165) is 25.1 Å². The summed E-state index contributed by atoms with van der Waals surface area (Å²) >= 11 is 0. The first-order valence-corrected chi connectivity index (χ1v) is 9.29. The van der Waals surface area contributed by atoms with E-state index in [-0.39, 0.29) is 17.6 Å². The maximum absolute atomic E-state index is 12.8. The summed E-state index contributed by atoms with van der Waals surface area (Å²) in [6.07, 6.45) is 7.53. The Kier molecular flexibility index (Phi) is 5.68. The Bertz CT molecular complexity index is 611. The van der Waals surface area contributed by atoms with E-state index in [1.165, 1.54) is 44.2 Å². The van der Waals surface area contributed by atoms with E-state index in [0.29, 0.717) is 12.5 Å². The number of nitrogens with zero attached hydrogens (tertiary/aromatic N) is 3. The number of carbonyl (C=O) groups excluding carboxylic acids is 1. The zero-order chi connectivity index (χ0) is 17.8. The second-order valence-corrected chi connectivity index (χ2v) is 7.27. The van der Waals surface area contributed by atoms with Crippen LogP contribution in [0.5, 0.6) is 0 Å². The first kappa shape index (κ1) is 17.9. The van der Waals surface area contributed by atoms with E-state index < -0.39 is 4.92 Å². The van der Waals surface area contributed by atoms with Crippen LogP contribution in [0.1, 0.15) is 44.1 Å². The van der Waals surface area contributed by atoms with E-state index >= 15 is 0 Å². The Balaban J connectivity index is 1.64. The second kappa shape index (κ2) is 7.95. The predicted molar refractivity (Wildman–Crippen MR) is 96.4 cm³/mol. The van der Waals surface area contributed by atoms with Crippen molar-refractivity contribution in [2.75, 3.05) is 20.1 Å². The largest absolute Gasteiger partial charge is 0.341 e. The van der Waals surface area contributed by atoms with Crippen molar-refractivity contribution in [3.05, 3.63) is 39.9 Å². The van der Waals surface area contributed by atoms with Crippen LogP contribution in [-0.2, 0) is 11.2 Å². The molecule has 1 aromatic carbocycles. The molecule has 3 rings (SSSR count). The fraction of sp³-hybridized carbons (Fsp3) is 0.632. The number of nitro benzene ring substituents is 1. The zero-order valence-electron chi connectivity index (χ0n) is 14.9. The van der Waals surface area contributed by atoms with Gasteiger partial charge in [0.2, 0.25) is 5.91 Å². The molecular formula is C19H27N3O3. The molecule has 1 aromatic rings. The van der Waals surface area contributed by atoms with Crippen LogP contribution < -0.4 is 0 Å². The molecule has 1 aliphatic heterocycles. The molecule has 1 aliphatic carbocycles. The highest BCUT2D eigenvalue weighted by Crippen LogP contribution is 2.29. The van der Waals surface area contributed by atoms with Gasteiger partial charge in [0, 0.05) is 31.3 Å². The topological polar surface area (TPSA) is 66.7 Å². The van der Waals surface area contributed by atoms with Gasteiger partial charge < -0.3 is 4.90 Å². The number of hydrogen-bond acceptors (Lipinski definition) is 4. The van der Waals surface area contributed by atoms with Crippen LogP contribution in [0.15, 0.2) is 24.3 Å². The fourth-order valence-electron chi connectivity index (χ4n) is 4.26. The average Bonchev–Trinajstić information content (AvgIpc) is 3.16. The quantitative estimate of drug-likeness (QED) is 0.608. The normalized spacial score (nSPS) is 24.2. The van der Waals surface area contributed by atoms with Gasteiger partial charge >= 0.3 is 0 Å². The van der Waals surface area contributed by atoms with Gasteiger partial charge in [0.05, 0.1) is 11.3 Å². The van der Waals surface area contributed by atoms with E-state index in [2.05, 4.69) is 4.90 Å². The first-order chi connectivity index (χ1) is 12.1. The van der Waals surface area contributed by atoms with Gasteiger partial charge in [0.1, 0.15) is 0 Å². The van der Waals surface area contributed by atoms with Crippen molar-refractivity contribution in [2.45, 2.75) is 57.0 Å². The molecule has 0 bridgehead atoms. The average molecular weight is 345 g/mol. The molecule has 0 aromatic heterocycles. The molecule has 1 saturated carbocycles. The van der Waals surface area contributed by atoms with Crippen molar-refractivity contribution >= 4 is 11.6 Å². The number of amides is 1. The summed E-state index contributed by atoms with van der Waals surface area (Å²) < 4.78 is 0. The van der Waals surface area contributed by atoms with Gasteiger partial charge in [-0.1, -0.05) is 25.0 Å². The third-order valence-corrected chi connectivity index (χ3v) is 5.70. The number of likely N-dealkylation sites (N-methyl/N-ethyl adjacent to an activating group) is 1. The summed E-state index contributed by atoms with van der Waals surface area (Å²) in [4.78, 5) is 27.6. The number of benzene rings is 1. The van der Waals surface area contributed by atoms with Gasteiger partial charge in [0.25, 0.3) is 5.69 Å². The summed E-state index contributed by atoms with van der Waals surface area (Å²) in [6, 6.07) is 7.08. The molecule has 136 valence electrons. The minimum atomic E-state index is -0.416. The van der Waals surface area contributed by atoms with Crippen molar-refractivity contribution < 1.29 is 9.72 Å². The van der Waals surface area contributed by atoms with E-state index in [1.54, 1.807) is 12.1 Å². The van der Waals surface area contributed by atoms with E-state index in [4.69, 9.17) is 0 Å². The smallest absolute Gasteiger partial charge is 0.269 e. The Morgan fingerprint density at radius 2 is 1.80 bits per heavy atom. The number of rotatable bonds is 5. The number of carbonyl (C=O) groups is 1. The van der Waals surface area contributed by atoms with Crippen molar-refractivity contribution in [1.29, 1.82) is 0 Å².